The number of hydrogen-bond donors (Lipinski definition) is 1. The molecule has 0 radical (unpaired) electrons. The topological polar surface area (TPSA) is 105 Å². The number of carbonyl (C=O) groups excluding carboxylic acids is 2. The minimum Gasteiger partial charge on any atom is -0.444 e. The number of rotatable bonds is 5. The molecule has 0 aromatic heterocycles. The van der Waals surface area contributed by atoms with Gasteiger partial charge in [0.05, 0.1) is 0 Å². The van der Waals surface area contributed by atoms with Crippen LogP contribution in [0.15, 0.2) is 30.3 Å². The van der Waals surface area contributed by atoms with Crippen LogP contribution in [0.25, 0.3) is 0 Å². The van der Waals surface area contributed by atoms with Crippen LogP contribution in [-0.2, 0) is 26.3 Å². The Balaban J connectivity index is 1.41. The molecule has 10 heteroatoms. The van der Waals surface area contributed by atoms with Crippen molar-refractivity contribution in [1.29, 1.82) is 0 Å². The van der Waals surface area contributed by atoms with Crippen molar-refractivity contribution in [3.8, 4) is 0 Å². The third kappa shape index (κ3) is 7.60. The fourth-order valence-corrected chi connectivity index (χ4v) is 5.48. The van der Waals surface area contributed by atoms with Crippen LogP contribution in [0.3, 0.4) is 0 Å². The number of likely N-dealkylation sites (tertiary alicyclic amines) is 1. The lowest BCUT2D eigenvalue weighted by Gasteiger charge is -2.39. The van der Waals surface area contributed by atoms with Gasteiger partial charge in [0.25, 0.3) is 0 Å². The molecule has 0 atom stereocenters. The van der Waals surface area contributed by atoms with Gasteiger partial charge in [0.1, 0.15) is 12.2 Å². The van der Waals surface area contributed by atoms with Crippen LogP contribution in [0.5, 0.6) is 0 Å². The van der Waals surface area contributed by atoms with E-state index in [1.54, 1.807) is 17.0 Å². The Morgan fingerprint density at radius 1 is 0.970 bits per heavy atom. The summed E-state index contributed by atoms with van der Waals surface area (Å²) in [5.41, 5.74) is 0.275. The molecule has 3 rings (SSSR count). The van der Waals surface area contributed by atoms with E-state index in [1.807, 2.05) is 43.7 Å². The Morgan fingerprint density at radius 3 is 2.06 bits per heavy atom. The van der Waals surface area contributed by atoms with Gasteiger partial charge in [0, 0.05) is 26.2 Å². The highest BCUT2D eigenvalue weighted by atomic mass is 32.2. The molecule has 2 amide bonds. The molecule has 2 aliphatic rings. The highest BCUT2D eigenvalue weighted by Crippen LogP contribution is 2.33. The van der Waals surface area contributed by atoms with Gasteiger partial charge >= 0.3 is 22.4 Å². The van der Waals surface area contributed by atoms with E-state index in [0.29, 0.717) is 38.0 Å². The van der Waals surface area contributed by atoms with Crippen molar-refractivity contribution in [1.82, 2.24) is 13.9 Å². The molecule has 184 valence electrons. The predicted octanol–water partition coefficient (Wildman–Crippen LogP) is 3.52. The van der Waals surface area contributed by atoms with Crippen LogP contribution >= 0.6 is 0 Å². The molecular weight excluding hydrogens is 446 g/mol. The number of ether oxygens (including phenoxy) is 2. The summed E-state index contributed by atoms with van der Waals surface area (Å²) in [7, 11) is -3.94. The maximum Gasteiger partial charge on any atom is 0.422 e. The second-order valence-electron chi connectivity index (χ2n) is 9.71. The highest BCUT2D eigenvalue weighted by Gasteiger charge is 2.35. The summed E-state index contributed by atoms with van der Waals surface area (Å²) in [4.78, 5) is 26.0. The second-order valence-corrected chi connectivity index (χ2v) is 11.4. The van der Waals surface area contributed by atoms with Crippen LogP contribution in [0, 0.1) is 11.8 Å². The van der Waals surface area contributed by atoms with Crippen molar-refractivity contribution in [3.63, 3.8) is 0 Å². The Hall–Kier alpha value is -2.33. The van der Waals surface area contributed by atoms with E-state index in [9.17, 15) is 18.0 Å². The third-order valence-electron chi connectivity index (χ3n) is 6.12. The van der Waals surface area contributed by atoms with Crippen LogP contribution < -0.4 is 4.72 Å². The SMILES string of the molecule is CC(C)(C)OC(=O)N1CCC(C2CCN(S(=O)(=O)NC(=O)OCc3ccccc3)CC2)CC1. The number of amides is 2. The lowest BCUT2D eigenvalue weighted by molar-refractivity contribution is 0.0144. The van der Waals surface area contributed by atoms with Gasteiger partial charge in [-0.2, -0.15) is 12.7 Å². The molecule has 0 bridgehead atoms. The number of hydrogen-bond acceptors (Lipinski definition) is 6. The fraction of sp³-hybridized carbons (Fsp3) is 0.652. The lowest BCUT2D eigenvalue weighted by Crippen LogP contribution is -2.48. The molecule has 0 spiro atoms. The quantitative estimate of drug-likeness (QED) is 0.690. The largest absolute Gasteiger partial charge is 0.444 e. The molecule has 0 aliphatic carbocycles. The summed E-state index contributed by atoms with van der Waals surface area (Å²) in [6, 6.07) is 9.08. The first-order chi connectivity index (χ1) is 15.5. The Labute approximate surface area is 196 Å². The van der Waals surface area contributed by atoms with Crippen molar-refractivity contribution >= 4 is 22.4 Å². The van der Waals surface area contributed by atoms with Crippen molar-refractivity contribution in [2.24, 2.45) is 11.8 Å². The molecule has 9 nitrogen and oxygen atoms in total. The van der Waals surface area contributed by atoms with Crippen LogP contribution in [0.2, 0.25) is 0 Å². The molecule has 33 heavy (non-hydrogen) atoms. The monoisotopic (exact) mass is 481 g/mol. The lowest BCUT2D eigenvalue weighted by atomic mass is 9.79. The van der Waals surface area contributed by atoms with E-state index < -0.39 is 21.9 Å². The number of benzene rings is 1. The van der Waals surface area contributed by atoms with Crippen molar-refractivity contribution < 1.29 is 27.5 Å². The Kier molecular flexibility index (Phi) is 8.23. The summed E-state index contributed by atoms with van der Waals surface area (Å²) >= 11 is 0. The van der Waals surface area contributed by atoms with Gasteiger partial charge in [-0.3, -0.25) is 0 Å². The molecular formula is C23H35N3O6S. The minimum atomic E-state index is -3.94. The van der Waals surface area contributed by atoms with Gasteiger partial charge in [-0.25, -0.2) is 14.3 Å². The molecule has 0 saturated carbocycles. The van der Waals surface area contributed by atoms with E-state index in [1.165, 1.54) is 4.31 Å². The zero-order valence-electron chi connectivity index (χ0n) is 19.7. The Morgan fingerprint density at radius 2 is 1.52 bits per heavy atom. The summed E-state index contributed by atoms with van der Waals surface area (Å²) in [6.45, 7) is 7.62. The standard InChI is InChI=1S/C23H35N3O6S/c1-23(2,3)32-22(28)25-13-9-19(10-14-25)20-11-15-26(16-12-20)33(29,30)24-21(27)31-17-18-7-5-4-6-8-18/h4-8,19-20H,9-17H2,1-3H3,(H,24,27). The zero-order chi connectivity index (χ0) is 24.1. The normalized spacial score (nSPS) is 19.2. The maximum atomic E-state index is 12.6. The maximum absolute atomic E-state index is 12.6. The molecule has 2 heterocycles. The minimum absolute atomic E-state index is 0.00621. The molecule has 1 aromatic carbocycles. The van der Waals surface area contributed by atoms with E-state index in [4.69, 9.17) is 9.47 Å². The summed E-state index contributed by atoms with van der Waals surface area (Å²) < 4.78 is 39.0. The number of nitrogens with one attached hydrogen (secondary N) is 1. The van der Waals surface area contributed by atoms with Crippen LogP contribution in [0.4, 0.5) is 9.59 Å². The van der Waals surface area contributed by atoms with Gasteiger partial charge in [-0.1, -0.05) is 30.3 Å². The number of nitrogens with zero attached hydrogens (tertiary/aromatic N) is 2. The molecule has 2 fully saturated rings. The Bertz CT molecular complexity index is 900. The predicted molar refractivity (Wildman–Crippen MR) is 124 cm³/mol. The second kappa shape index (κ2) is 10.7. The van der Waals surface area contributed by atoms with Gasteiger partial charge in [0.2, 0.25) is 0 Å². The summed E-state index contributed by atoms with van der Waals surface area (Å²) in [6.07, 6.45) is 2.00. The summed E-state index contributed by atoms with van der Waals surface area (Å²) in [5, 5.41) is 0. The number of carbonyl (C=O) groups is 2. The first kappa shape index (κ1) is 25.3. The average molecular weight is 482 g/mol. The van der Waals surface area contributed by atoms with Gasteiger partial charge in [-0.05, 0) is 63.9 Å². The van der Waals surface area contributed by atoms with Gasteiger partial charge < -0.3 is 14.4 Å². The van der Waals surface area contributed by atoms with Gasteiger partial charge in [0.15, 0.2) is 0 Å². The fourth-order valence-electron chi connectivity index (χ4n) is 4.39. The van der Waals surface area contributed by atoms with E-state index >= 15 is 0 Å². The van der Waals surface area contributed by atoms with Gasteiger partial charge in [-0.15, -0.1) is 0 Å². The highest BCUT2D eigenvalue weighted by molar-refractivity contribution is 7.87. The van der Waals surface area contributed by atoms with Crippen LogP contribution in [0.1, 0.15) is 52.0 Å². The molecule has 1 aromatic rings. The van der Waals surface area contributed by atoms with E-state index in [2.05, 4.69) is 0 Å². The number of piperidine rings is 2. The average Bonchev–Trinajstić information content (AvgIpc) is 2.77. The first-order valence-electron chi connectivity index (χ1n) is 11.5. The third-order valence-corrected chi connectivity index (χ3v) is 7.59. The van der Waals surface area contributed by atoms with Crippen molar-refractivity contribution in [3.05, 3.63) is 35.9 Å². The molecule has 0 unspecified atom stereocenters. The van der Waals surface area contributed by atoms with Crippen molar-refractivity contribution in [2.45, 2.75) is 58.7 Å². The van der Waals surface area contributed by atoms with E-state index in [0.717, 1.165) is 31.2 Å². The van der Waals surface area contributed by atoms with Crippen LogP contribution in [-0.4, -0.2) is 61.6 Å². The molecule has 2 aliphatic heterocycles. The van der Waals surface area contributed by atoms with E-state index in [-0.39, 0.29) is 12.7 Å². The first-order valence-corrected chi connectivity index (χ1v) is 12.9. The molecule has 1 N–H and O–H groups in total. The smallest absolute Gasteiger partial charge is 0.422 e. The molecule has 2 saturated heterocycles. The van der Waals surface area contributed by atoms with Crippen molar-refractivity contribution in [2.75, 3.05) is 26.2 Å². The zero-order valence-corrected chi connectivity index (χ0v) is 20.5. The summed E-state index contributed by atoms with van der Waals surface area (Å²) in [5.74, 6) is 0.861.